The molecule has 152 valence electrons. The Bertz CT molecular complexity index is 1190. The molecule has 0 fully saturated rings. The van der Waals surface area contributed by atoms with E-state index in [0.29, 0.717) is 13.2 Å². The number of rotatable bonds is 6. The van der Waals surface area contributed by atoms with Crippen molar-refractivity contribution in [1.82, 2.24) is 0 Å². The zero-order valence-corrected chi connectivity index (χ0v) is 19.7. The van der Waals surface area contributed by atoms with Gasteiger partial charge in [-0.25, -0.2) is 4.39 Å². The summed E-state index contributed by atoms with van der Waals surface area (Å²) in [5.74, 6) is 0.317. The average molecular weight is 550 g/mol. The molecule has 0 saturated heterocycles. The first-order valence-electron chi connectivity index (χ1n) is 9.27. The molecule has 0 aliphatic heterocycles. The van der Waals surface area contributed by atoms with Crippen LogP contribution in [0.15, 0.2) is 81.7 Å². The molecule has 4 rings (SSSR count). The van der Waals surface area contributed by atoms with Crippen LogP contribution in [-0.4, -0.2) is 0 Å². The number of nitrogens with one attached hydrogen (secondary N) is 1. The second-order valence-electron chi connectivity index (χ2n) is 6.80. The molecule has 0 radical (unpaired) electrons. The monoisotopic (exact) mass is 547 g/mol. The van der Waals surface area contributed by atoms with Crippen LogP contribution in [0.1, 0.15) is 11.1 Å². The zero-order valence-electron chi connectivity index (χ0n) is 15.8. The molecule has 6 heteroatoms. The van der Waals surface area contributed by atoms with Gasteiger partial charge in [0.2, 0.25) is 0 Å². The first-order valence-corrected chi connectivity index (χ1v) is 11.2. The standard InChI is InChI=1S/C24H17Br2ClFNO/c25-20-10-15(13-29-18-8-9-23(28)22(27)12-18)11-21(26)24(20)30-14-17-6-3-5-16-4-1-2-7-19(16)17/h1-12,29H,13-14H2. The van der Waals surface area contributed by atoms with Gasteiger partial charge in [-0.05, 0) is 84.1 Å². The van der Waals surface area contributed by atoms with Crippen molar-refractivity contribution >= 4 is 59.9 Å². The predicted molar refractivity (Wildman–Crippen MR) is 129 cm³/mol. The lowest BCUT2D eigenvalue weighted by Crippen LogP contribution is -2.02. The number of halogens is 4. The van der Waals surface area contributed by atoms with Gasteiger partial charge < -0.3 is 10.1 Å². The topological polar surface area (TPSA) is 21.3 Å². The van der Waals surface area contributed by atoms with E-state index in [1.165, 1.54) is 16.8 Å². The fourth-order valence-electron chi connectivity index (χ4n) is 3.23. The SMILES string of the molecule is Fc1ccc(NCc2cc(Br)c(OCc3cccc4ccccc34)c(Br)c2)cc1Cl. The minimum absolute atomic E-state index is 0.0968. The molecule has 0 amide bonds. The highest BCUT2D eigenvalue weighted by atomic mass is 79.9. The molecule has 0 saturated carbocycles. The number of anilines is 1. The molecule has 0 unspecified atom stereocenters. The van der Waals surface area contributed by atoms with E-state index >= 15 is 0 Å². The molecule has 0 aliphatic carbocycles. The molecule has 0 bridgehead atoms. The lowest BCUT2D eigenvalue weighted by atomic mass is 10.1. The first kappa shape index (κ1) is 21.2. The highest BCUT2D eigenvalue weighted by Crippen LogP contribution is 2.36. The van der Waals surface area contributed by atoms with Crippen molar-refractivity contribution in [1.29, 1.82) is 0 Å². The van der Waals surface area contributed by atoms with Crippen LogP contribution in [0.5, 0.6) is 5.75 Å². The van der Waals surface area contributed by atoms with Gasteiger partial charge in [-0.2, -0.15) is 0 Å². The molecule has 0 aliphatic rings. The van der Waals surface area contributed by atoms with Crippen molar-refractivity contribution in [3.05, 3.63) is 104 Å². The number of ether oxygens (including phenoxy) is 1. The molecule has 0 aromatic heterocycles. The maximum Gasteiger partial charge on any atom is 0.148 e. The zero-order chi connectivity index (χ0) is 21.1. The third-order valence-electron chi connectivity index (χ3n) is 4.73. The molecule has 0 heterocycles. The van der Waals surface area contributed by atoms with Crippen LogP contribution >= 0.6 is 43.5 Å². The summed E-state index contributed by atoms with van der Waals surface area (Å²) in [6.07, 6.45) is 0. The molecule has 1 N–H and O–H groups in total. The van der Waals surface area contributed by atoms with Crippen molar-refractivity contribution < 1.29 is 9.13 Å². The van der Waals surface area contributed by atoms with Gasteiger partial charge in [0, 0.05) is 12.2 Å². The van der Waals surface area contributed by atoms with E-state index in [-0.39, 0.29) is 5.02 Å². The van der Waals surface area contributed by atoms with Gasteiger partial charge in [-0.15, -0.1) is 0 Å². The molecule has 0 atom stereocenters. The Kier molecular flexibility index (Phi) is 6.61. The maximum absolute atomic E-state index is 13.3. The van der Waals surface area contributed by atoms with Gasteiger partial charge in [0.25, 0.3) is 0 Å². The molecule has 4 aromatic carbocycles. The minimum atomic E-state index is -0.430. The lowest BCUT2D eigenvalue weighted by molar-refractivity contribution is 0.303. The summed E-state index contributed by atoms with van der Waals surface area (Å²) in [6.45, 7) is 1.02. The molecular weight excluding hydrogens is 533 g/mol. The van der Waals surface area contributed by atoms with E-state index in [1.807, 2.05) is 30.3 Å². The largest absolute Gasteiger partial charge is 0.487 e. The van der Waals surface area contributed by atoms with Crippen LogP contribution < -0.4 is 10.1 Å². The summed E-state index contributed by atoms with van der Waals surface area (Å²) >= 11 is 13.1. The Hall–Kier alpha value is -2.08. The second-order valence-corrected chi connectivity index (χ2v) is 8.91. The summed E-state index contributed by atoms with van der Waals surface area (Å²) in [5.41, 5.74) is 2.92. The summed E-state index contributed by atoms with van der Waals surface area (Å²) in [4.78, 5) is 0. The van der Waals surface area contributed by atoms with Crippen molar-refractivity contribution in [3.63, 3.8) is 0 Å². The first-order chi connectivity index (χ1) is 14.5. The Balaban J connectivity index is 1.47. The second kappa shape index (κ2) is 9.38. The van der Waals surface area contributed by atoms with Crippen LogP contribution in [0, 0.1) is 5.82 Å². The summed E-state index contributed by atoms with van der Waals surface area (Å²) in [6, 6.07) is 23.1. The summed E-state index contributed by atoms with van der Waals surface area (Å²) < 4.78 is 21.1. The van der Waals surface area contributed by atoms with E-state index in [2.05, 4.69) is 61.4 Å². The lowest BCUT2D eigenvalue weighted by Gasteiger charge is -2.14. The van der Waals surface area contributed by atoms with Crippen molar-refractivity contribution in [3.8, 4) is 5.75 Å². The number of hydrogen-bond donors (Lipinski definition) is 1. The van der Waals surface area contributed by atoms with Crippen molar-refractivity contribution in [2.24, 2.45) is 0 Å². The van der Waals surface area contributed by atoms with Crippen molar-refractivity contribution in [2.75, 3.05) is 5.32 Å². The van der Waals surface area contributed by atoms with Crippen LogP contribution in [0.4, 0.5) is 10.1 Å². The smallest absolute Gasteiger partial charge is 0.148 e. The highest BCUT2D eigenvalue weighted by molar-refractivity contribution is 9.11. The Morgan fingerprint density at radius 1 is 0.900 bits per heavy atom. The Labute approximate surface area is 196 Å². The highest BCUT2D eigenvalue weighted by Gasteiger charge is 2.11. The van der Waals surface area contributed by atoms with E-state index in [0.717, 1.165) is 31.5 Å². The quantitative estimate of drug-likeness (QED) is 0.261. The third kappa shape index (κ3) is 4.80. The molecule has 4 aromatic rings. The maximum atomic E-state index is 13.3. The van der Waals surface area contributed by atoms with E-state index in [1.54, 1.807) is 12.1 Å². The van der Waals surface area contributed by atoms with Gasteiger partial charge >= 0.3 is 0 Å². The van der Waals surface area contributed by atoms with Crippen LogP contribution in [0.2, 0.25) is 5.02 Å². The molecule has 30 heavy (non-hydrogen) atoms. The molecular formula is C24H17Br2ClFNO. The van der Waals surface area contributed by atoms with E-state index in [9.17, 15) is 4.39 Å². The third-order valence-corrected chi connectivity index (χ3v) is 6.19. The van der Waals surface area contributed by atoms with Gasteiger partial charge in [0.05, 0.1) is 14.0 Å². The fourth-order valence-corrected chi connectivity index (χ4v) is 4.92. The number of hydrogen-bond acceptors (Lipinski definition) is 2. The summed E-state index contributed by atoms with van der Waals surface area (Å²) in [5, 5.41) is 5.72. The van der Waals surface area contributed by atoms with Crippen LogP contribution in [0.3, 0.4) is 0 Å². The van der Waals surface area contributed by atoms with Crippen molar-refractivity contribution in [2.45, 2.75) is 13.2 Å². The average Bonchev–Trinajstić information content (AvgIpc) is 2.74. The fraction of sp³-hybridized carbons (Fsp3) is 0.0833. The van der Waals surface area contributed by atoms with Gasteiger partial charge in [-0.3, -0.25) is 0 Å². The normalized spacial score (nSPS) is 10.9. The van der Waals surface area contributed by atoms with Crippen LogP contribution in [-0.2, 0) is 13.2 Å². The number of benzene rings is 4. The van der Waals surface area contributed by atoms with Gasteiger partial charge in [0.15, 0.2) is 0 Å². The van der Waals surface area contributed by atoms with Gasteiger partial charge in [0.1, 0.15) is 18.2 Å². The van der Waals surface area contributed by atoms with Crippen LogP contribution in [0.25, 0.3) is 10.8 Å². The predicted octanol–water partition coefficient (Wildman–Crippen LogP) is 8.35. The van der Waals surface area contributed by atoms with Gasteiger partial charge in [-0.1, -0.05) is 54.1 Å². The minimum Gasteiger partial charge on any atom is -0.487 e. The Morgan fingerprint density at radius 3 is 2.40 bits per heavy atom. The summed E-state index contributed by atoms with van der Waals surface area (Å²) in [7, 11) is 0. The number of fused-ring (bicyclic) bond motifs is 1. The van der Waals surface area contributed by atoms with E-state index < -0.39 is 5.82 Å². The molecule has 0 spiro atoms. The molecule has 2 nitrogen and oxygen atoms in total. The van der Waals surface area contributed by atoms with E-state index in [4.69, 9.17) is 16.3 Å². The Morgan fingerprint density at radius 2 is 1.63 bits per heavy atom.